The fraction of sp³-hybridized carbons (Fsp3) is 0.360. The molecule has 0 bridgehead atoms. The minimum absolute atomic E-state index is 0.188. The molecule has 2 aliphatic heterocycles. The van der Waals surface area contributed by atoms with E-state index in [0.29, 0.717) is 36.0 Å². The van der Waals surface area contributed by atoms with E-state index in [1.807, 2.05) is 32.0 Å². The number of fused-ring (bicyclic) bond motifs is 1. The summed E-state index contributed by atoms with van der Waals surface area (Å²) in [5, 5.41) is 7.63. The van der Waals surface area contributed by atoms with Gasteiger partial charge in [-0.2, -0.15) is 9.40 Å². The summed E-state index contributed by atoms with van der Waals surface area (Å²) in [6, 6.07) is 12.0. The molecule has 5 rings (SSSR count). The van der Waals surface area contributed by atoms with Gasteiger partial charge in [0.1, 0.15) is 5.82 Å². The molecule has 1 aromatic heterocycles. The average molecular weight is 513 g/mol. The van der Waals surface area contributed by atoms with Gasteiger partial charge in [-0.15, -0.1) is 0 Å². The molecule has 2 aliphatic rings. The summed E-state index contributed by atoms with van der Waals surface area (Å²) < 4.78 is 41.3. The van der Waals surface area contributed by atoms with Crippen LogP contribution in [0, 0.1) is 13.8 Å². The number of nitrogens with zero attached hydrogens (tertiary/aromatic N) is 3. The van der Waals surface area contributed by atoms with Gasteiger partial charge in [0.15, 0.2) is 0 Å². The number of piperidine rings is 1. The van der Waals surface area contributed by atoms with Crippen LogP contribution in [0.25, 0.3) is 5.69 Å². The molecule has 0 aliphatic carbocycles. The van der Waals surface area contributed by atoms with Crippen molar-refractivity contribution in [2.24, 2.45) is 0 Å². The fourth-order valence-corrected chi connectivity index (χ4v) is 7.47. The Bertz CT molecular complexity index is 1420. The number of carbonyl (C=O) groups excluding carboxylic acids is 1. The van der Waals surface area contributed by atoms with Crippen molar-refractivity contribution in [1.29, 1.82) is 0 Å². The Morgan fingerprint density at radius 1 is 1.00 bits per heavy atom. The van der Waals surface area contributed by atoms with Crippen LogP contribution >= 0.6 is 0 Å². The standard InChI is InChI=1S/C25H28N4O4S2/c1-17-6-11-23(18(2)14-17)29-24(21-15-34(31)16-22(21)27-29)26-25(30)19-7-9-20(10-8-19)35(32,33)28-12-4-3-5-13-28/h6-11,14H,3-5,12-13,15-16H2,1-2H3,(H,26,30). The first kappa shape index (κ1) is 23.9. The largest absolute Gasteiger partial charge is 0.306 e. The van der Waals surface area contributed by atoms with Gasteiger partial charge in [-0.1, -0.05) is 24.1 Å². The zero-order chi connectivity index (χ0) is 24.7. The van der Waals surface area contributed by atoms with Gasteiger partial charge in [0.05, 0.1) is 27.8 Å². The molecule has 1 amide bonds. The van der Waals surface area contributed by atoms with E-state index in [-0.39, 0.29) is 10.8 Å². The second-order valence-corrected chi connectivity index (χ2v) is 12.5. The van der Waals surface area contributed by atoms with Crippen LogP contribution in [0.2, 0.25) is 0 Å². The number of carbonyl (C=O) groups is 1. The van der Waals surface area contributed by atoms with Crippen molar-refractivity contribution in [3.8, 4) is 5.69 Å². The molecular formula is C25H28N4O4S2. The summed E-state index contributed by atoms with van der Waals surface area (Å²) in [5.74, 6) is 0.827. The third-order valence-corrected chi connectivity index (χ3v) is 9.67. The summed E-state index contributed by atoms with van der Waals surface area (Å²) in [6.07, 6.45) is 2.77. The third-order valence-electron chi connectivity index (χ3n) is 6.55. The van der Waals surface area contributed by atoms with Crippen LogP contribution < -0.4 is 5.32 Å². The highest BCUT2D eigenvalue weighted by molar-refractivity contribution is 7.89. The van der Waals surface area contributed by atoms with E-state index in [0.717, 1.165) is 47.3 Å². The van der Waals surface area contributed by atoms with Crippen molar-refractivity contribution in [2.45, 2.75) is 49.5 Å². The zero-order valence-electron chi connectivity index (χ0n) is 19.8. The number of hydrogen-bond acceptors (Lipinski definition) is 5. The number of amides is 1. The third kappa shape index (κ3) is 4.57. The second-order valence-electron chi connectivity index (χ2n) is 9.15. The molecule has 0 saturated carbocycles. The number of anilines is 1. The predicted molar refractivity (Wildman–Crippen MR) is 136 cm³/mol. The molecule has 35 heavy (non-hydrogen) atoms. The van der Waals surface area contributed by atoms with Crippen molar-refractivity contribution < 1.29 is 17.4 Å². The van der Waals surface area contributed by atoms with E-state index in [1.54, 1.807) is 4.68 Å². The first-order valence-corrected chi connectivity index (χ1v) is 14.6. The number of aryl methyl sites for hydroxylation is 2. The fourth-order valence-electron chi connectivity index (χ4n) is 4.69. The lowest BCUT2D eigenvalue weighted by molar-refractivity contribution is 0.102. The van der Waals surface area contributed by atoms with Gasteiger partial charge >= 0.3 is 0 Å². The lowest BCUT2D eigenvalue weighted by Crippen LogP contribution is -2.35. The minimum Gasteiger partial charge on any atom is -0.306 e. The number of sulfonamides is 1. The summed E-state index contributed by atoms with van der Waals surface area (Å²) >= 11 is 0. The molecule has 3 aromatic rings. The average Bonchev–Trinajstić information content (AvgIpc) is 3.36. The van der Waals surface area contributed by atoms with Gasteiger partial charge in [0.2, 0.25) is 10.0 Å². The van der Waals surface area contributed by atoms with Crippen LogP contribution in [0.1, 0.15) is 52.0 Å². The topological polar surface area (TPSA) is 101 Å². The number of aromatic nitrogens is 2. The molecule has 1 unspecified atom stereocenters. The van der Waals surface area contributed by atoms with Crippen molar-refractivity contribution >= 4 is 32.5 Å². The SMILES string of the molecule is Cc1ccc(-n2nc3c(c2NC(=O)c2ccc(S(=O)(=O)N4CCCCC4)cc2)CS(=O)C3)c(C)c1. The molecule has 1 saturated heterocycles. The molecular weight excluding hydrogens is 484 g/mol. The molecule has 1 atom stereocenters. The Morgan fingerprint density at radius 3 is 2.40 bits per heavy atom. The summed E-state index contributed by atoms with van der Waals surface area (Å²) in [7, 11) is -4.61. The smallest absolute Gasteiger partial charge is 0.256 e. The first-order chi connectivity index (χ1) is 16.7. The van der Waals surface area contributed by atoms with Crippen LogP contribution in [0.15, 0.2) is 47.4 Å². The molecule has 184 valence electrons. The summed E-state index contributed by atoms with van der Waals surface area (Å²) in [5.41, 5.74) is 4.81. The van der Waals surface area contributed by atoms with E-state index in [4.69, 9.17) is 0 Å². The summed E-state index contributed by atoms with van der Waals surface area (Å²) in [4.78, 5) is 13.4. The van der Waals surface area contributed by atoms with Crippen LogP contribution in [0.5, 0.6) is 0 Å². The van der Waals surface area contributed by atoms with Crippen LogP contribution in [0.4, 0.5) is 5.82 Å². The van der Waals surface area contributed by atoms with E-state index >= 15 is 0 Å². The molecule has 3 heterocycles. The van der Waals surface area contributed by atoms with Crippen LogP contribution in [0.3, 0.4) is 0 Å². The van der Waals surface area contributed by atoms with E-state index in [9.17, 15) is 17.4 Å². The molecule has 0 radical (unpaired) electrons. The van der Waals surface area contributed by atoms with Gasteiger partial charge < -0.3 is 5.32 Å². The lowest BCUT2D eigenvalue weighted by atomic mass is 10.1. The van der Waals surface area contributed by atoms with Crippen LogP contribution in [-0.2, 0) is 32.3 Å². The summed E-state index contributed by atoms with van der Waals surface area (Å²) in [6.45, 7) is 5.06. The van der Waals surface area contributed by atoms with Crippen molar-refractivity contribution in [3.05, 3.63) is 70.4 Å². The second kappa shape index (κ2) is 9.33. The highest BCUT2D eigenvalue weighted by Gasteiger charge is 2.29. The molecule has 1 N–H and O–H groups in total. The minimum atomic E-state index is -3.57. The van der Waals surface area contributed by atoms with Crippen molar-refractivity contribution in [1.82, 2.24) is 14.1 Å². The predicted octanol–water partition coefficient (Wildman–Crippen LogP) is 3.68. The Labute approximate surface area is 207 Å². The van der Waals surface area contributed by atoms with Crippen molar-refractivity contribution in [2.75, 3.05) is 18.4 Å². The monoisotopic (exact) mass is 512 g/mol. The number of rotatable bonds is 5. The van der Waals surface area contributed by atoms with Gasteiger partial charge in [0, 0.05) is 35.0 Å². The quantitative estimate of drug-likeness (QED) is 0.562. The maximum absolute atomic E-state index is 13.2. The maximum atomic E-state index is 13.2. The van der Waals surface area contributed by atoms with E-state index < -0.39 is 20.8 Å². The van der Waals surface area contributed by atoms with E-state index in [2.05, 4.69) is 10.4 Å². The highest BCUT2D eigenvalue weighted by Crippen LogP contribution is 2.33. The Kier molecular flexibility index (Phi) is 6.37. The van der Waals surface area contributed by atoms with Gasteiger partial charge in [0.25, 0.3) is 5.91 Å². The normalized spacial score (nSPS) is 18.4. The van der Waals surface area contributed by atoms with Crippen molar-refractivity contribution in [3.63, 3.8) is 0 Å². The lowest BCUT2D eigenvalue weighted by Gasteiger charge is -2.25. The maximum Gasteiger partial charge on any atom is 0.256 e. The number of nitrogens with one attached hydrogen (secondary N) is 1. The molecule has 10 heteroatoms. The van der Waals surface area contributed by atoms with Crippen LogP contribution in [-0.4, -0.2) is 45.7 Å². The van der Waals surface area contributed by atoms with E-state index in [1.165, 1.54) is 28.6 Å². The van der Waals surface area contributed by atoms with Gasteiger partial charge in [-0.05, 0) is 62.6 Å². The molecule has 1 fully saturated rings. The Hall–Kier alpha value is -2.82. The number of benzene rings is 2. The molecule has 2 aromatic carbocycles. The Morgan fingerprint density at radius 2 is 1.71 bits per heavy atom. The highest BCUT2D eigenvalue weighted by atomic mass is 32.2. The van der Waals surface area contributed by atoms with Gasteiger partial charge in [-0.3, -0.25) is 9.00 Å². The van der Waals surface area contributed by atoms with Gasteiger partial charge in [-0.25, -0.2) is 13.1 Å². The number of hydrogen-bond donors (Lipinski definition) is 1. The molecule has 8 nitrogen and oxygen atoms in total. The zero-order valence-corrected chi connectivity index (χ0v) is 21.4. The first-order valence-electron chi connectivity index (χ1n) is 11.7. The Balaban J connectivity index is 1.43. The molecule has 0 spiro atoms.